The fourth-order valence-electron chi connectivity index (χ4n) is 5.84. The van der Waals surface area contributed by atoms with E-state index < -0.39 is 29.3 Å². The number of aromatic nitrogens is 3. The van der Waals surface area contributed by atoms with Gasteiger partial charge < -0.3 is 24.6 Å². The van der Waals surface area contributed by atoms with Gasteiger partial charge in [0.2, 0.25) is 0 Å². The lowest BCUT2D eigenvalue weighted by Gasteiger charge is -2.33. The Labute approximate surface area is 274 Å². The lowest BCUT2D eigenvalue weighted by atomic mass is 9.95. The second-order valence-corrected chi connectivity index (χ2v) is 14.0. The largest absolute Gasteiger partial charge is 0.443 e. The summed E-state index contributed by atoms with van der Waals surface area (Å²) in [4.78, 5) is 55.2. The van der Waals surface area contributed by atoms with Crippen molar-refractivity contribution in [2.75, 3.05) is 43.4 Å². The van der Waals surface area contributed by atoms with Crippen molar-refractivity contribution in [1.82, 2.24) is 24.3 Å². The number of nitrogens with zero attached hydrogens (tertiary/aromatic N) is 6. The van der Waals surface area contributed by atoms with Crippen LogP contribution in [0, 0.1) is 0 Å². The highest BCUT2D eigenvalue weighted by molar-refractivity contribution is 6.13. The van der Waals surface area contributed by atoms with Crippen molar-refractivity contribution in [3.63, 3.8) is 0 Å². The third-order valence-corrected chi connectivity index (χ3v) is 8.07. The van der Waals surface area contributed by atoms with E-state index in [0.29, 0.717) is 44.7 Å². The zero-order valence-corrected chi connectivity index (χ0v) is 28.0. The number of likely N-dealkylation sites (N-methyl/N-ethyl adjacent to an activating group) is 1. The average molecular weight is 640 g/mol. The molecule has 1 N–H and O–H groups in total. The van der Waals surface area contributed by atoms with Crippen LogP contribution in [0.3, 0.4) is 0 Å². The number of anilines is 3. The van der Waals surface area contributed by atoms with E-state index in [1.807, 2.05) is 45.2 Å². The van der Waals surface area contributed by atoms with Crippen LogP contribution in [0.25, 0.3) is 22.0 Å². The summed E-state index contributed by atoms with van der Waals surface area (Å²) in [7, 11) is 2.12. The lowest BCUT2D eigenvalue weighted by Crippen LogP contribution is -2.44. The first kappa shape index (κ1) is 32.0. The van der Waals surface area contributed by atoms with E-state index in [1.54, 1.807) is 51.5 Å². The van der Waals surface area contributed by atoms with Crippen molar-refractivity contribution in [3.8, 4) is 11.1 Å². The predicted octanol–water partition coefficient (Wildman–Crippen LogP) is 6.27. The molecule has 0 spiro atoms. The normalized spacial score (nSPS) is 15.6. The maximum absolute atomic E-state index is 14.0. The maximum atomic E-state index is 14.0. The number of amides is 2. The van der Waals surface area contributed by atoms with Crippen molar-refractivity contribution >= 4 is 46.2 Å². The molecule has 0 saturated carbocycles. The van der Waals surface area contributed by atoms with Gasteiger partial charge in [0, 0.05) is 55.7 Å². The fraction of sp³-hybridized carbons (Fsp3) is 0.400. The Morgan fingerprint density at radius 1 is 0.851 bits per heavy atom. The molecule has 2 aliphatic heterocycles. The number of imide groups is 1. The number of pyridine rings is 2. The minimum absolute atomic E-state index is 0.0108. The highest BCUT2D eigenvalue weighted by Crippen LogP contribution is 2.41. The molecule has 0 radical (unpaired) electrons. The van der Waals surface area contributed by atoms with E-state index in [1.165, 1.54) is 4.57 Å². The molecule has 12 heteroatoms. The van der Waals surface area contributed by atoms with Gasteiger partial charge in [-0.2, -0.15) is 0 Å². The van der Waals surface area contributed by atoms with E-state index in [9.17, 15) is 14.4 Å². The van der Waals surface area contributed by atoms with Gasteiger partial charge in [-0.05, 0) is 84.0 Å². The second kappa shape index (κ2) is 12.0. The Morgan fingerprint density at radius 3 is 2.21 bits per heavy atom. The molecule has 246 valence electrons. The van der Waals surface area contributed by atoms with Gasteiger partial charge in [0.1, 0.15) is 17.0 Å². The van der Waals surface area contributed by atoms with Gasteiger partial charge in [0.05, 0.1) is 35.2 Å². The van der Waals surface area contributed by atoms with Crippen LogP contribution >= 0.6 is 0 Å². The lowest BCUT2D eigenvalue weighted by molar-refractivity contribution is 0.0247. The van der Waals surface area contributed by atoms with E-state index in [2.05, 4.69) is 32.1 Å². The summed E-state index contributed by atoms with van der Waals surface area (Å²) in [5, 5.41) is 4.02. The van der Waals surface area contributed by atoms with Crippen molar-refractivity contribution in [3.05, 3.63) is 66.2 Å². The average Bonchev–Trinajstić information content (AvgIpc) is 3.56. The summed E-state index contributed by atoms with van der Waals surface area (Å²) in [6, 6.07) is 9.33. The highest BCUT2D eigenvalue weighted by atomic mass is 16.6. The standard InChI is InChI=1S/C35H41N7O5/c1-34(2,3)46-32(44)41-20-25(24-19-36-13-12-28(24)41)23-9-10-27(30-26(23)21-42(31(30)43)33(45)47-35(4,5)6)38-29-11-8-22(18-37-29)40-16-14-39(7)15-17-40/h8-13,18-20H,14-17,21H2,1-7H3,(H,37,38). The van der Waals surface area contributed by atoms with Crippen molar-refractivity contribution in [1.29, 1.82) is 0 Å². The molecule has 0 atom stereocenters. The van der Waals surface area contributed by atoms with Crippen LogP contribution in [0.15, 0.2) is 55.1 Å². The number of piperazine rings is 1. The molecule has 3 aromatic heterocycles. The molecule has 1 fully saturated rings. The zero-order valence-electron chi connectivity index (χ0n) is 28.0. The molecule has 0 bridgehead atoms. The molecule has 47 heavy (non-hydrogen) atoms. The number of carbonyl (C=O) groups excluding carboxylic acids is 3. The zero-order chi connectivity index (χ0) is 33.7. The fourth-order valence-corrected chi connectivity index (χ4v) is 5.84. The van der Waals surface area contributed by atoms with Crippen LogP contribution < -0.4 is 10.2 Å². The minimum atomic E-state index is -0.794. The summed E-state index contributed by atoms with van der Waals surface area (Å²) in [5.41, 5.74) is 2.97. The van der Waals surface area contributed by atoms with E-state index in [0.717, 1.165) is 36.8 Å². The Bertz CT molecular complexity index is 1850. The second-order valence-electron chi connectivity index (χ2n) is 14.0. The van der Waals surface area contributed by atoms with Crippen molar-refractivity contribution < 1.29 is 23.9 Å². The first-order chi connectivity index (χ1) is 22.2. The van der Waals surface area contributed by atoms with E-state index >= 15 is 0 Å². The Morgan fingerprint density at radius 2 is 1.55 bits per heavy atom. The van der Waals surface area contributed by atoms with Crippen LogP contribution in [0.5, 0.6) is 0 Å². The van der Waals surface area contributed by atoms with Gasteiger partial charge >= 0.3 is 12.2 Å². The number of nitrogens with one attached hydrogen (secondary N) is 1. The van der Waals surface area contributed by atoms with Crippen LogP contribution in [0.2, 0.25) is 0 Å². The van der Waals surface area contributed by atoms with Crippen molar-refractivity contribution in [2.24, 2.45) is 0 Å². The van der Waals surface area contributed by atoms with E-state index in [4.69, 9.17) is 9.47 Å². The molecule has 1 aromatic carbocycles. The van der Waals surface area contributed by atoms with Gasteiger partial charge in [-0.3, -0.25) is 14.3 Å². The van der Waals surface area contributed by atoms with Crippen LogP contribution in [-0.2, 0) is 16.0 Å². The van der Waals surface area contributed by atoms with Crippen LogP contribution in [0.4, 0.5) is 26.8 Å². The topological polar surface area (TPSA) is 122 Å². The number of fused-ring (bicyclic) bond motifs is 2. The molecule has 4 aromatic rings. The smallest absolute Gasteiger partial charge is 0.419 e. The van der Waals surface area contributed by atoms with E-state index in [-0.39, 0.29) is 6.54 Å². The SMILES string of the molecule is CN1CCN(c2ccc(Nc3ccc(-c4cn(C(=O)OC(C)(C)C)c5ccncc45)c4c3C(=O)N(C(=O)OC(C)(C)C)C4)nc2)CC1. The molecule has 12 nitrogen and oxygen atoms in total. The van der Waals surface area contributed by atoms with Gasteiger partial charge in [-0.1, -0.05) is 6.07 Å². The van der Waals surface area contributed by atoms with Gasteiger partial charge in [0.25, 0.3) is 5.91 Å². The molecule has 0 aliphatic carbocycles. The Hall–Kier alpha value is -4.97. The molecule has 2 amide bonds. The summed E-state index contributed by atoms with van der Waals surface area (Å²) < 4.78 is 12.7. The Balaban J connectivity index is 1.40. The minimum Gasteiger partial charge on any atom is -0.443 e. The maximum Gasteiger partial charge on any atom is 0.419 e. The van der Waals surface area contributed by atoms with Gasteiger partial charge in [-0.15, -0.1) is 0 Å². The first-order valence-electron chi connectivity index (χ1n) is 15.7. The number of benzene rings is 1. The molecule has 5 heterocycles. The quantitative estimate of drug-likeness (QED) is 0.274. The van der Waals surface area contributed by atoms with Crippen molar-refractivity contribution in [2.45, 2.75) is 59.3 Å². The first-order valence-corrected chi connectivity index (χ1v) is 15.7. The molecular weight excluding hydrogens is 598 g/mol. The number of rotatable bonds is 4. The summed E-state index contributed by atoms with van der Waals surface area (Å²) in [6.07, 6.45) is 5.55. The number of hydrogen-bond acceptors (Lipinski definition) is 10. The third kappa shape index (κ3) is 6.64. The summed E-state index contributed by atoms with van der Waals surface area (Å²) in [5.74, 6) is 0.0775. The third-order valence-electron chi connectivity index (χ3n) is 8.07. The summed E-state index contributed by atoms with van der Waals surface area (Å²) in [6.45, 7) is 14.5. The molecule has 6 rings (SSSR count). The Kier molecular flexibility index (Phi) is 8.17. The van der Waals surface area contributed by atoms with Crippen LogP contribution in [-0.4, -0.2) is 86.9 Å². The van der Waals surface area contributed by atoms with Crippen LogP contribution in [0.1, 0.15) is 57.5 Å². The molecule has 1 saturated heterocycles. The molecule has 2 aliphatic rings. The summed E-state index contributed by atoms with van der Waals surface area (Å²) >= 11 is 0. The highest BCUT2D eigenvalue weighted by Gasteiger charge is 2.39. The monoisotopic (exact) mass is 639 g/mol. The van der Waals surface area contributed by atoms with Gasteiger partial charge in [0.15, 0.2) is 0 Å². The molecule has 0 unspecified atom stereocenters. The van der Waals surface area contributed by atoms with Gasteiger partial charge in [-0.25, -0.2) is 19.5 Å². The number of ether oxygens (including phenoxy) is 2. The predicted molar refractivity (Wildman–Crippen MR) is 180 cm³/mol. The molecular formula is C35H41N7O5. The number of carbonyl (C=O) groups is 3. The number of hydrogen-bond donors (Lipinski definition) is 1.